The zero-order valence-electron chi connectivity index (χ0n) is 16.6. The molecule has 7 heteroatoms. The van der Waals surface area contributed by atoms with Crippen molar-refractivity contribution < 1.29 is 29.8 Å². The third-order valence-electron chi connectivity index (χ3n) is 4.93. The Morgan fingerprint density at radius 1 is 0.900 bits per heavy atom. The van der Waals surface area contributed by atoms with Crippen LogP contribution in [0.25, 0.3) is 22.6 Å². The number of rotatable bonds is 4. The van der Waals surface area contributed by atoms with E-state index in [1.54, 1.807) is 18.3 Å². The van der Waals surface area contributed by atoms with Crippen LogP contribution in [-0.4, -0.2) is 15.0 Å². The quantitative estimate of drug-likeness (QED) is 0.254. The fraction of sp³-hybridized carbons (Fsp3) is 0.174. The van der Waals surface area contributed by atoms with Gasteiger partial charge in [0.1, 0.15) is 11.9 Å². The topological polar surface area (TPSA) is 52.8 Å². The number of aromatic nitrogens is 4. The van der Waals surface area contributed by atoms with Gasteiger partial charge in [0.2, 0.25) is 0 Å². The number of aryl methyl sites for hydroxylation is 1. The van der Waals surface area contributed by atoms with Crippen LogP contribution in [0, 0.1) is 24.9 Å². The first-order valence-corrected chi connectivity index (χ1v) is 9.14. The Labute approximate surface area is 188 Å². The van der Waals surface area contributed by atoms with Gasteiger partial charge in [-0.15, -0.1) is 11.8 Å². The molecule has 4 aromatic rings. The normalized spacial score (nSPS) is 11.2. The Hall–Kier alpha value is -2.72. The minimum atomic E-state index is -0.940. The van der Waals surface area contributed by atoms with Crippen LogP contribution >= 0.6 is 0 Å². The van der Waals surface area contributed by atoms with Crippen LogP contribution in [0.15, 0.2) is 54.7 Å². The van der Waals surface area contributed by atoms with Crippen molar-refractivity contribution in [2.45, 2.75) is 26.2 Å². The number of hydrogen-bond acceptors (Lipinski definition) is 3. The maximum atomic E-state index is 14.1. The largest absolute Gasteiger partial charge is 2.00 e. The molecule has 4 rings (SSSR count). The van der Waals surface area contributed by atoms with E-state index in [1.807, 2.05) is 51.1 Å². The van der Waals surface area contributed by atoms with E-state index in [2.05, 4.69) is 21.0 Å². The van der Waals surface area contributed by atoms with Crippen LogP contribution in [0.2, 0.25) is 0 Å². The van der Waals surface area contributed by atoms with Gasteiger partial charge in [-0.05, 0) is 44.7 Å². The van der Waals surface area contributed by atoms with Crippen molar-refractivity contribution in [1.82, 2.24) is 19.9 Å². The average Bonchev–Trinajstić information content (AvgIpc) is 3.14. The Kier molecular flexibility index (Phi) is 6.27. The molecule has 0 bridgehead atoms. The monoisotopic (exact) mass is 583 g/mol. The van der Waals surface area contributed by atoms with Crippen LogP contribution < -0.4 is 4.98 Å². The fourth-order valence-electron chi connectivity index (χ4n) is 3.19. The smallest absolute Gasteiger partial charge is 0.662 e. The van der Waals surface area contributed by atoms with Crippen molar-refractivity contribution in [3.8, 4) is 22.6 Å². The Morgan fingerprint density at radius 2 is 1.53 bits per heavy atom. The van der Waals surface area contributed by atoms with Crippen molar-refractivity contribution in [2.75, 3.05) is 0 Å². The van der Waals surface area contributed by atoms with E-state index in [0.29, 0.717) is 11.4 Å². The summed E-state index contributed by atoms with van der Waals surface area (Å²) in [5.41, 5.74) is 4.01. The summed E-state index contributed by atoms with van der Waals surface area (Å²) in [7, 11) is 0. The summed E-state index contributed by atoms with van der Waals surface area (Å²) in [6.45, 7) is 5.99. The van der Waals surface area contributed by atoms with Crippen LogP contribution in [-0.2, 0) is 26.5 Å². The van der Waals surface area contributed by atoms with E-state index in [1.165, 1.54) is 0 Å². The standard InChI is InChI=1S/C23H18F2N4.Pt/c1-14-12-13-26-21(14)17-7-5-9-19(28-17)23(2,3)18-8-4-6-16(27-18)15-10-11-20(24)29-22(15)25;/h4-9,11-13H,1-3H3;/q-2;+2. The van der Waals surface area contributed by atoms with Crippen molar-refractivity contribution in [1.29, 1.82) is 0 Å². The molecule has 0 spiro atoms. The molecule has 0 aromatic carbocycles. The Balaban J connectivity index is 0.00000256. The van der Waals surface area contributed by atoms with Gasteiger partial charge in [0.25, 0.3) is 0 Å². The summed E-state index contributed by atoms with van der Waals surface area (Å²) in [6.07, 6.45) is 1.76. The van der Waals surface area contributed by atoms with E-state index < -0.39 is 17.3 Å². The zero-order chi connectivity index (χ0) is 20.6. The van der Waals surface area contributed by atoms with Gasteiger partial charge in [0.15, 0.2) is 0 Å². The number of halogens is 2. The molecule has 4 nitrogen and oxygen atoms in total. The second kappa shape index (κ2) is 8.56. The molecular weight excluding hydrogens is 565 g/mol. The van der Waals surface area contributed by atoms with Crippen LogP contribution in [0.1, 0.15) is 30.8 Å². The molecule has 0 aliphatic heterocycles. The zero-order valence-corrected chi connectivity index (χ0v) is 18.8. The Bertz CT molecular complexity index is 1190. The summed E-state index contributed by atoms with van der Waals surface area (Å²) < 4.78 is 27.2. The average molecular weight is 583 g/mol. The second-order valence-corrected chi connectivity index (χ2v) is 7.31. The first kappa shape index (κ1) is 22.0. The SMILES string of the molecule is Cc1cc[n-]c1-c1cccc(C(C)(C)c2cccc(-c3[c-]cc(F)nc3F)n2)n1.[Pt+2]. The molecule has 0 radical (unpaired) electrons. The third kappa shape index (κ3) is 4.10. The molecule has 0 unspecified atom stereocenters. The predicted molar refractivity (Wildman–Crippen MR) is 106 cm³/mol. The summed E-state index contributed by atoms with van der Waals surface area (Å²) >= 11 is 0. The molecule has 0 aliphatic carbocycles. The molecule has 0 N–H and O–H groups in total. The first-order chi connectivity index (χ1) is 13.9. The van der Waals surface area contributed by atoms with Gasteiger partial charge in [-0.1, -0.05) is 41.5 Å². The number of pyridine rings is 3. The van der Waals surface area contributed by atoms with E-state index in [9.17, 15) is 8.78 Å². The maximum Gasteiger partial charge on any atom is 2.00 e. The molecule has 0 atom stereocenters. The van der Waals surface area contributed by atoms with E-state index in [4.69, 9.17) is 4.98 Å². The van der Waals surface area contributed by atoms with Crippen molar-refractivity contribution >= 4 is 0 Å². The van der Waals surface area contributed by atoms with Crippen molar-refractivity contribution in [3.05, 3.63) is 89.6 Å². The molecule has 154 valence electrons. The predicted octanol–water partition coefficient (Wildman–Crippen LogP) is 4.87. The van der Waals surface area contributed by atoms with Gasteiger partial charge in [-0.25, -0.2) is 8.78 Å². The maximum absolute atomic E-state index is 14.1. The molecule has 30 heavy (non-hydrogen) atoms. The van der Waals surface area contributed by atoms with E-state index in [-0.39, 0.29) is 26.6 Å². The summed E-state index contributed by atoms with van der Waals surface area (Å²) in [4.78, 5) is 17.0. The van der Waals surface area contributed by atoms with Crippen molar-refractivity contribution in [3.63, 3.8) is 0 Å². The van der Waals surface area contributed by atoms with Gasteiger partial charge < -0.3 is 9.97 Å². The molecule has 0 saturated heterocycles. The molecular formula is C23H18F2N4Pt. The molecule has 4 heterocycles. The molecule has 0 amide bonds. The molecule has 0 saturated carbocycles. The van der Waals surface area contributed by atoms with Gasteiger partial charge in [0.05, 0.1) is 5.69 Å². The van der Waals surface area contributed by atoms with E-state index in [0.717, 1.165) is 28.7 Å². The fourth-order valence-corrected chi connectivity index (χ4v) is 3.19. The molecule has 0 aliphatic rings. The van der Waals surface area contributed by atoms with Crippen LogP contribution in [0.3, 0.4) is 0 Å². The first-order valence-electron chi connectivity index (χ1n) is 9.14. The van der Waals surface area contributed by atoms with Crippen LogP contribution in [0.5, 0.6) is 0 Å². The van der Waals surface area contributed by atoms with Crippen LogP contribution in [0.4, 0.5) is 8.78 Å². The summed E-state index contributed by atoms with van der Waals surface area (Å²) in [5.74, 6) is -1.86. The van der Waals surface area contributed by atoms with E-state index >= 15 is 0 Å². The van der Waals surface area contributed by atoms with Gasteiger partial charge >= 0.3 is 21.1 Å². The third-order valence-corrected chi connectivity index (χ3v) is 4.93. The second-order valence-electron chi connectivity index (χ2n) is 7.31. The summed E-state index contributed by atoms with van der Waals surface area (Å²) in [6, 6.07) is 16.6. The molecule has 4 aromatic heterocycles. The van der Waals surface area contributed by atoms with Gasteiger partial charge in [-0.3, -0.25) is 9.97 Å². The Morgan fingerprint density at radius 3 is 2.13 bits per heavy atom. The summed E-state index contributed by atoms with van der Waals surface area (Å²) in [5, 5.41) is 0. The minimum absolute atomic E-state index is 0. The van der Waals surface area contributed by atoms with Crippen molar-refractivity contribution in [2.24, 2.45) is 0 Å². The van der Waals surface area contributed by atoms with Gasteiger partial charge in [0, 0.05) is 16.8 Å². The number of hydrogen-bond donors (Lipinski definition) is 0. The molecule has 0 fully saturated rings. The number of nitrogens with zero attached hydrogens (tertiary/aromatic N) is 4. The van der Waals surface area contributed by atoms with Gasteiger partial charge in [-0.2, -0.15) is 6.20 Å². The minimum Gasteiger partial charge on any atom is -0.662 e.